The Morgan fingerprint density at radius 3 is 2.74 bits per heavy atom. The minimum atomic E-state index is -0.704. The number of halogens is 1. The molecule has 8 heteroatoms. The molecule has 0 radical (unpaired) electrons. The first kappa shape index (κ1) is 25.4. The van der Waals surface area contributed by atoms with E-state index in [1.165, 1.54) is 30.6 Å². The molecular weight excluding hydrogens is 482 g/mol. The molecular formula is C27H30ClN3O3S. The first-order chi connectivity index (χ1) is 17.0. The van der Waals surface area contributed by atoms with E-state index < -0.39 is 6.04 Å². The van der Waals surface area contributed by atoms with Crippen LogP contribution < -0.4 is 10.6 Å². The Labute approximate surface area is 215 Å². The highest BCUT2D eigenvalue weighted by molar-refractivity contribution is 7.19. The van der Waals surface area contributed by atoms with E-state index in [0.717, 1.165) is 34.4 Å². The van der Waals surface area contributed by atoms with Gasteiger partial charge in [0.1, 0.15) is 6.04 Å². The largest absolute Gasteiger partial charge is 0.374 e. The maximum atomic E-state index is 12.6. The molecule has 0 spiro atoms. The first-order valence-electron chi connectivity index (χ1n) is 12.0. The third-order valence-electron chi connectivity index (χ3n) is 6.07. The van der Waals surface area contributed by atoms with Gasteiger partial charge >= 0.3 is 0 Å². The summed E-state index contributed by atoms with van der Waals surface area (Å²) in [4.78, 5) is 30.3. The second-order valence-corrected chi connectivity index (χ2v) is 10.3. The number of hydrogen-bond acceptors (Lipinski definition) is 5. The van der Waals surface area contributed by atoms with Crippen molar-refractivity contribution in [2.45, 2.75) is 64.2 Å². The molecule has 1 aliphatic rings. The number of thiazole rings is 1. The fraction of sp³-hybridized carbons (Fsp3) is 0.370. The van der Waals surface area contributed by atoms with Gasteiger partial charge in [0.15, 0.2) is 5.13 Å². The van der Waals surface area contributed by atoms with E-state index >= 15 is 0 Å². The fourth-order valence-corrected chi connectivity index (χ4v) is 5.28. The number of ether oxygens (including phenoxy) is 1. The summed E-state index contributed by atoms with van der Waals surface area (Å²) >= 11 is 7.38. The molecule has 0 bridgehead atoms. The van der Waals surface area contributed by atoms with Crippen LogP contribution in [0.4, 0.5) is 5.13 Å². The van der Waals surface area contributed by atoms with Crippen LogP contribution in [0.2, 0.25) is 5.02 Å². The van der Waals surface area contributed by atoms with Crippen molar-refractivity contribution in [2.24, 2.45) is 0 Å². The molecule has 1 atom stereocenters. The number of anilines is 1. The lowest BCUT2D eigenvalue weighted by atomic mass is 9.97. The summed E-state index contributed by atoms with van der Waals surface area (Å²) in [5.74, 6) is -0.569. The van der Waals surface area contributed by atoms with Gasteiger partial charge in [-0.3, -0.25) is 9.59 Å². The Bertz CT molecular complexity index is 1160. The number of amides is 2. The van der Waals surface area contributed by atoms with Crippen LogP contribution in [-0.2, 0) is 27.4 Å². The van der Waals surface area contributed by atoms with Gasteiger partial charge in [0.05, 0.1) is 24.0 Å². The molecule has 1 heterocycles. The number of benzene rings is 2. The van der Waals surface area contributed by atoms with Gasteiger partial charge in [-0.05, 0) is 48.6 Å². The number of hydrogen-bond donors (Lipinski definition) is 2. The lowest BCUT2D eigenvalue weighted by molar-refractivity contribution is -0.125. The van der Waals surface area contributed by atoms with Crippen LogP contribution in [0.15, 0.2) is 54.7 Å². The fourth-order valence-electron chi connectivity index (χ4n) is 4.19. The minimum Gasteiger partial charge on any atom is -0.374 e. The van der Waals surface area contributed by atoms with E-state index in [0.29, 0.717) is 22.9 Å². The summed E-state index contributed by atoms with van der Waals surface area (Å²) in [7, 11) is 0. The molecule has 0 aliphatic heterocycles. The Morgan fingerprint density at radius 1 is 1.14 bits per heavy atom. The molecule has 4 rings (SSSR count). The molecule has 0 saturated heterocycles. The molecule has 2 amide bonds. The third-order valence-corrected chi connectivity index (χ3v) is 7.25. The molecule has 1 fully saturated rings. The molecule has 35 heavy (non-hydrogen) atoms. The summed E-state index contributed by atoms with van der Waals surface area (Å²) in [6, 6.07) is 14.5. The minimum absolute atomic E-state index is 0.152. The highest BCUT2D eigenvalue weighted by Gasteiger charge is 2.19. The predicted molar refractivity (Wildman–Crippen MR) is 141 cm³/mol. The quantitative estimate of drug-likeness (QED) is 0.369. The average molecular weight is 512 g/mol. The summed E-state index contributed by atoms with van der Waals surface area (Å²) < 4.78 is 6.19. The standard InChI is InChI=1S/C27H30ClN3O3S/c1-18(30-25(32)15-19-8-7-10-21(28)14-19)26(33)31-27-29-16-24(35-27)23-13-6-5-9-20(23)17-34-22-11-3-2-4-12-22/h5-10,13-14,16,18,22H,2-4,11-12,15,17H2,1H3,(H,30,32)(H,29,31,33)/t18-/m0/s1. The van der Waals surface area contributed by atoms with Crippen molar-refractivity contribution in [1.82, 2.24) is 10.3 Å². The molecule has 3 aromatic rings. The van der Waals surface area contributed by atoms with Crippen LogP contribution in [0.25, 0.3) is 10.4 Å². The summed E-state index contributed by atoms with van der Waals surface area (Å²) in [5.41, 5.74) is 2.96. The highest BCUT2D eigenvalue weighted by Crippen LogP contribution is 2.32. The van der Waals surface area contributed by atoms with Crippen molar-refractivity contribution in [3.63, 3.8) is 0 Å². The molecule has 2 aromatic carbocycles. The first-order valence-corrected chi connectivity index (χ1v) is 13.2. The van der Waals surface area contributed by atoms with E-state index in [1.807, 2.05) is 18.2 Å². The molecule has 1 aliphatic carbocycles. The van der Waals surface area contributed by atoms with Gasteiger partial charge in [0.25, 0.3) is 0 Å². The Hall–Kier alpha value is -2.74. The van der Waals surface area contributed by atoms with Crippen molar-refractivity contribution in [2.75, 3.05) is 5.32 Å². The van der Waals surface area contributed by atoms with Crippen molar-refractivity contribution in [3.05, 3.63) is 70.9 Å². The van der Waals surface area contributed by atoms with Crippen LogP contribution in [0, 0.1) is 0 Å². The van der Waals surface area contributed by atoms with Gasteiger partial charge in [-0.2, -0.15) is 0 Å². The van der Waals surface area contributed by atoms with Gasteiger partial charge in [-0.15, -0.1) is 0 Å². The lowest BCUT2D eigenvalue weighted by Gasteiger charge is -2.22. The average Bonchev–Trinajstić information content (AvgIpc) is 3.31. The summed E-state index contributed by atoms with van der Waals surface area (Å²) in [6.07, 6.45) is 8.30. The second-order valence-electron chi connectivity index (χ2n) is 8.84. The number of carbonyl (C=O) groups is 2. The van der Waals surface area contributed by atoms with E-state index in [1.54, 1.807) is 31.3 Å². The molecule has 184 valence electrons. The topological polar surface area (TPSA) is 80.3 Å². The Balaban J connectivity index is 1.33. The maximum absolute atomic E-state index is 12.6. The van der Waals surface area contributed by atoms with Gasteiger partial charge in [-0.25, -0.2) is 4.98 Å². The van der Waals surface area contributed by atoms with Crippen LogP contribution in [0.3, 0.4) is 0 Å². The van der Waals surface area contributed by atoms with Gasteiger partial charge in [0, 0.05) is 11.2 Å². The van der Waals surface area contributed by atoms with Gasteiger partial charge in [0.2, 0.25) is 11.8 Å². The van der Waals surface area contributed by atoms with Crippen LogP contribution >= 0.6 is 22.9 Å². The van der Waals surface area contributed by atoms with E-state index in [-0.39, 0.29) is 18.2 Å². The van der Waals surface area contributed by atoms with Gasteiger partial charge in [-0.1, -0.05) is 78.6 Å². The maximum Gasteiger partial charge on any atom is 0.248 e. The molecule has 1 saturated carbocycles. The number of nitrogens with one attached hydrogen (secondary N) is 2. The lowest BCUT2D eigenvalue weighted by Crippen LogP contribution is -2.42. The number of rotatable bonds is 9. The highest BCUT2D eigenvalue weighted by atomic mass is 35.5. The van der Waals surface area contributed by atoms with Crippen LogP contribution in [0.5, 0.6) is 0 Å². The Morgan fingerprint density at radius 2 is 1.94 bits per heavy atom. The molecule has 0 unspecified atom stereocenters. The monoisotopic (exact) mass is 511 g/mol. The van der Waals surface area contributed by atoms with Crippen LogP contribution in [-0.4, -0.2) is 28.9 Å². The normalized spacial score (nSPS) is 14.9. The zero-order valence-electron chi connectivity index (χ0n) is 19.8. The van der Waals surface area contributed by atoms with E-state index in [2.05, 4.69) is 27.8 Å². The number of nitrogens with zero attached hydrogens (tertiary/aromatic N) is 1. The second kappa shape index (κ2) is 12.3. The van der Waals surface area contributed by atoms with Crippen molar-refractivity contribution >= 4 is 39.9 Å². The Kier molecular flexibility index (Phi) is 8.90. The number of aromatic nitrogens is 1. The third kappa shape index (κ3) is 7.37. The van der Waals surface area contributed by atoms with E-state index in [9.17, 15) is 9.59 Å². The van der Waals surface area contributed by atoms with Crippen LogP contribution in [0.1, 0.15) is 50.2 Å². The number of carbonyl (C=O) groups excluding carboxylic acids is 2. The molecule has 6 nitrogen and oxygen atoms in total. The molecule has 2 N–H and O–H groups in total. The van der Waals surface area contributed by atoms with Crippen molar-refractivity contribution < 1.29 is 14.3 Å². The molecule has 1 aromatic heterocycles. The zero-order valence-corrected chi connectivity index (χ0v) is 21.3. The van der Waals surface area contributed by atoms with Crippen molar-refractivity contribution in [3.8, 4) is 10.4 Å². The SMILES string of the molecule is C[C@H](NC(=O)Cc1cccc(Cl)c1)C(=O)Nc1ncc(-c2ccccc2COC2CCCCC2)s1. The summed E-state index contributed by atoms with van der Waals surface area (Å²) in [6.45, 7) is 2.22. The van der Waals surface area contributed by atoms with Gasteiger partial charge < -0.3 is 15.4 Å². The van der Waals surface area contributed by atoms with Crippen molar-refractivity contribution in [1.29, 1.82) is 0 Å². The zero-order chi connectivity index (χ0) is 24.6. The van der Waals surface area contributed by atoms with E-state index in [4.69, 9.17) is 16.3 Å². The predicted octanol–water partition coefficient (Wildman–Crippen LogP) is 6.00. The smallest absolute Gasteiger partial charge is 0.248 e. The summed E-state index contributed by atoms with van der Waals surface area (Å²) in [5, 5.41) is 6.61.